The molecule has 4 rings (SSSR count). The Balaban J connectivity index is 1.58. The van der Waals surface area contributed by atoms with E-state index in [-0.39, 0.29) is 50.2 Å². The van der Waals surface area contributed by atoms with E-state index < -0.39 is 21.9 Å². The van der Waals surface area contributed by atoms with Gasteiger partial charge in [0, 0.05) is 37.5 Å². The zero-order chi connectivity index (χ0) is 31.5. The third kappa shape index (κ3) is 9.39. The van der Waals surface area contributed by atoms with Crippen LogP contribution in [0, 0.1) is 5.82 Å². The zero-order valence-corrected chi connectivity index (χ0v) is 26.6. The quantitative estimate of drug-likeness (QED) is 0.239. The van der Waals surface area contributed by atoms with Crippen molar-refractivity contribution in [2.24, 2.45) is 0 Å². The van der Waals surface area contributed by atoms with Gasteiger partial charge in [0.1, 0.15) is 11.9 Å². The van der Waals surface area contributed by atoms with E-state index in [0.717, 1.165) is 55.9 Å². The van der Waals surface area contributed by atoms with Crippen LogP contribution < -0.4 is 9.62 Å². The Labute approximate surface area is 261 Å². The van der Waals surface area contributed by atoms with Crippen LogP contribution in [0.3, 0.4) is 0 Å². The molecule has 3 aromatic rings. The predicted molar refractivity (Wildman–Crippen MR) is 173 cm³/mol. The van der Waals surface area contributed by atoms with Gasteiger partial charge in [-0.25, -0.2) is 12.8 Å². The van der Waals surface area contributed by atoms with E-state index in [1.807, 2.05) is 49.4 Å². The third-order valence-corrected chi connectivity index (χ3v) is 9.50. The number of hydrogen-bond donors (Lipinski definition) is 1. The van der Waals surface area contributed by atoms with Crippen LogP contribution in [-0.4, -0.2) is 50.0 Å². The van der Waals surface area contributed by atoms with Crippen LogP contribution in [0.5, 0.6) is 0 Å². The molecule has 1 fully saturated rings. The lowest BCUT2D eigenvalue weighted by Crippen LogP contribution is -2.53. The summed E-state index contributed by atoms with van der Waals surface area (Å²) in [5.41, 5.74) is 2.84. The number of nitrogens with one attached hydrogen (secondary N) is 1. The highest BCUT2D eigenvalue weighted by molar-refractivity contribution is 7.92. The third-order valence-electron chi connectivity index (χ3n) is 8.31. The monoisotopic (exact) mass is 621 g/mol. The first-order valence-corrected chi connectivity index (χ1v) is 17.4. The van der Waals surface area contributed by atoms with Crippen LogP contribution in [0.4, 0.5) is 10.1 Å². The molecule has 0 saturated heterocycles. The molecule has 7 nitrogen and oxygen atoms in total. The topological polar surface area (TPSA) is 86.8 Å². The van der Waals surface area contributed by atoms with Gasteiger partial charge in [0.15, 0.2) is 0 Å². The molecule has 1 aliphatic carbocycles. The van der Waals surface area contributed by atoms with E-state index >= 15 is 0 Å². The number of anilines is 1. The van der Waals surface area contributed by atoms with Crippen LogP contribution in [0.1, 0.15) is 68.6 Å². The molecule has 0 bridgehead atoms. The second-order valence-corrected chi connectivity index (χ2v) is 13.5. The molecule has 9 heteroatoms. The maximum Gasteiger partial charge on any atom is 0.243 e. The first kappa shape index (κ1) is 33.2. The Morgan fingerprint density at radius 2 is 1.57 bits per heavy atom. The van der Waals surface area contributed by atoms with E-state index in [1.54, 1.807) is 30.3 Å². The summed E-state index contributed by atoms with van der Waals surface area (Å²) < 4.78 is 41.6. The van der Waals surface area contributed by atoms with Gasteiger partial charge in [0.2, 0.25) is 21.8 Å². The lowest BCUT2D eigenvalue weighted by molar-refractivity contribution is -0.141. The Hall–Kier alpha value is -3.72. The van der Waals surface area contributed by atoms with Gasteiger partial charge < -0.3 is 10.2 Å². The second kappa shape index (κ2) is 15.8. The Morgan fingerprint density at radius 1 is 0.909 bits per heavy atom. The lowest BCUT2D eigenvalue weighted by Gasteiger charge is -2.34. The fourth-order valence-corrected chi connectivity index (χ4v) is 6.78. The zero-order valence-electron chi connectivity index (χ0n) is 25.8. The van der Waals surface area contributed by atoms with Gasteiger partial charge in [-0.2, -0.15) is 0 Å². The van der Waals surface area contributed by atoms with E-state index in [4.69, 9.17) is 0 Å². The normalized spacial score (nSPS) is 14.5. The summed E-state index contributed by atoms with van der Waals surface area (Å²) in [6, 6.07) is 22.3. The maximum absolute atomic E-state index is 14.9. The van der Waals surface area contributed by atoms with Gasteiger partial charge in [0.05, 0.1) is 11.9 Å². The molecule has 1 N–H and O–H groups in total. The van der Waals surface area contributed by atoms with Crippen LogP contribution in [-0.2, 0) is 39.0 Å². The number of benzene rings is 3. The van der Waals surface area contributed by atoms with Gasteiger partial charge in [-0.15, -0.1) is 0 Å². The minimum atomic E-state index is -3.60. The smallest absolute Gasteiger partial charge is 0.243 e. The number of hydrogen-bond acceptors (Lipinski definition) is 4. The summed E-state index contributed by atoms with van der Waals surface area (Å²) in [6.07, 6.45) is 7.52. The first-order chi connectivity index (χ1) is 21.2. The van der Waals surface area contributed by atoms with Crippen molar-refractivity contribution in [2.45, 2.75) is 83.3 Å². The van der Waals surface area contributed by atoms with Gasteiger partial charge in [-0.3, -0.25) is 13.9 Å². The van der Waals surface area contributed by atoms with E-state index in [1.165, 1.54) is 15.3 Å². The number of rotatable bonds is 14. The van der Waals surface area contributed by atoms with Crippen molar-refractivity contribution in [3.8, 4) is 0 Å². The molecule has 0 unspecified atom stereocenters. The van der Waals surface area contributed by atoms with Crippen molar-refractivity contribution in [1.29, 1.82) is 0 Å². The maximum atomic E-state index is 14.9. The summed E-state index contributed by atoms with van der Waals surface area (Å²) in [6.45, 7) is 2.05. The molecule has 236 valence electrons. The van der Waals surface area contributed by atoms with Crippen molar-refractivity contribution in [3.05, 3.63) is 101 Å². The van der Waals surface area contributed by atoms with Crippen molar-refractivity contribution in [1.82, 2.24) is 10.2 Å². The highest BCUT2D eigenvalue weighted by Gasteiger charge is 2.32. The Morgan fingerprint density at radius 3 is 2.20 bits per heavy atom. The van der Waals surface area contributed by atoms with Crippen molar-refractivity contribution in [2.75, 3.05) is 17.1 Å². The summed E-state index contributed by atoms with van der Waals surface area (Å²) in [5, 5.41) is 3.19. The minimum Gasteiger partial charge on any atom is -0.352 e. The molecule has 3 aromatic carbocycles. The molecule has 0 spiro atoms. The molecule has 0 aromatic heterocycles. The molecule has 1 atom stereocenters. The molecule has 44 heavy (non-hydrogen) atoms. The number of amides is 2. The fraction of sp³-hybridized carbons (Fsp3) is 0.429. The van der Waals surface area contributed by atoms with Crippen molar-refractivity contribution >= 4 is 27.5 Å². The summed E-state index contributed by atoms with van der Waals surface area (Å²) in [7, 11) is -3.60. The Kier molecular flexibility index (Phi) is 11.9. The Bertz CT molecular complexity index is 1480. The van der Waals surface area contributed by atoms with E-state index in [0.29, 0.717) is 11.3 Å². The van der Waals surface area contributed by atoms with E-state index in [9.17, 15) is 22.4 Å². The minimum absolute atomic E-state index is 0.00445. The highest BCUT2D eigenvalue weighted by Crippen LogP contribution is 2.23. The van der Waals surface area contributed by atoms with Crippen LogP contribution in [0.15, 0.2) is 78.9 Å². The van der Waals surface area contributed by atoms with Gasteiger partial charge >= 0.3 is 0 Å². The average molecular weight is 622 g/mol. The molecular weight excluding hydrogens is 577 g/mol. The molecule has 2 amide bonds. The van der Waals surface area contributed by atoms with E-state index in [2.05, 4.69) is 5.32 Å². The molecule has 0 radical (unpaired) electrons. The molecule has 0 heterocycles. The van der Waals surface area contributed by atoms with Gasteiger partial charge in [-0.1, -0.05) is 86.8 Å². The van der Waals surface area contributed by atoms with Crippen LogP contribution in [0.25, 0.3) is 0 Å². The first-order valence-electron chi connectivity index (χ1n) is 15.6. The number of carbonyl (C=O) groups is 2. The van der Waals surface area contributed by atoms with Gasteiger partial charge in [0.25, 0.3) is 0 Å². The van der Waals surface area contributed by atoms with Crippen LogP contribution in [0.2, 0.25) is 0 Å². The molecular formula is C35H44FN3O4S. The number of nitrogens with zero attached hydrogens (tertiary/aromatic N) is 2. The number of halogens is 1. The SMILES string of the molecule is CCc1ccc(N(CCCC(=O)N(Cc2ccccc2F)[C@H](Cc2ccccc2)C(=O)NC2CCCCC2)S(C)(=O)=O)cc1. The van der Waals surface area contributed by atoms with Crippen molar-refractivity contribution < 1.29 is 22.4 Å². The van der Waals surface area contributed by atoms with Gasteiger partial charge in [-0.05, 0) is 55.0 Å². The number of carbonyl (C=O) groups excluding carboxylic acids is 2. The summed E-state index contributed by atoms with van der Waals surface area (Å²) in [4.78, 5) is 29.4. The fourth-order valence-electron chi connectivity index (χ4n) is 5.81. The molecule has 0 aliphatic heterocycles. The number of sulfonamides is 1. The van der Waals surface area contributed by atoms with Crippen molar-refractivity contribution in [3.63, 3.8) is 0 Å². The van der Waals surface area contributed by atoms with Crippen LogP contribution >= 0.6 is 0 Å². The highest BCUT2D eigenvalue weighted by atomic mass is 32.2. The largest absolute Gasteiger partial charge is 0.352 e. The number of aryl methyl sites for hydroxylation is 1. The second-order valence-electron chi connectivity index (χ2n) is 11.6. The average Bonchev–Trinajstić information content (AvgIpc) is 3.02. The molecule has 1 saturated carbocycles. The standard InChI is InChI=1S/C35H44FN3O4S/c1-3-27-20-22-31(23-21-27)39(44(2,42)43)24-12-19-34(40)38(26-29-15-10-11-18-32(29)36)33(25-28-13-6-4-7-14-28)35(41)37-30-16-8-5-9-17-30/h4,6-7,10-11,13-15,18,20-23,30,33H,3,5,8-9,12,16-17,19,24-26H2,1-2H3,(H,37,41)/t33-/m1/s1. The summed E-state index contributed by atoms with van der Waals surface area (Å²) in [5.74, 6) is -1.03. The summed E-state index contributed by atoms with van der Waals surface area (Å²) >= 11 is 0. The predicted octanol–water partition coefficient (Wildman–Crippen LogP) is 6.02. The lowest BCUT2D eigenvalue weighted by atomic mass is 9.94. The molecule has 1 aliphatic rings.